The van der Waals surface area contributed by atoms with E-state index in [9.17, 15) is 0 Å². The first-order chi connectivity index (χ1) is 8.02. The molecular formula is C13H21ClN2S. The normalized spacial score (nSPS) is 14.9. The number of nitrogens with two attached hydrogens (primary N) is 1. The quantitative estimate of drug-likeness (QED) is 0.863. The van der Waals surface area contributed by atoms with Gasteiger partial charge < -0.3 is 10.6 Å². The minimum Gasteiger partial charge on any atom is -0.327 e. The lowest BCUT2D eigenvalue weighted by molar-refractivity contribution is 0.437. The maximum atomic E-state index is 6.23. The third-order valence-electron chi connectivity index (χ3n) is 2.53. The monoisotopic (exact) mass is 272 g/mol. The predicted molar refractivity (Wildman–Crippen MR) is 78.9 cm³/mol. The number of nitrogens with zero attached hydrogens (tertiary/aromatic N) is 1. The molecule has 0 saturated heterocycles. The number of hydrogen-bond acceptors (Lipinski definition) is 3. The SMILES string of the molecule is CC(N)C(SCCN(C)C)c1ccccc1Cl. The highest BCUT2D eigenvalue weighted by Gasteiger charge is 2.18. The maximum Gasteiger partial charge on any atom is 0.0460 e. The van der Waals surface area contributed by atoms with E-state index in [1.165, 1.54) is 0 Å². The van der Waals surface area contributed by atoms with Crippen LogP contribution in [-0.2, 0) is 0 Å². The summed E-state index contributed by atoms with van der Waals surface area (Å²) in [5.74, 6) is 1.06. The molecule has 4 heteroatoms. The van der Waals surface area contributed by atoms with Gasteiger partial charge in [-0.2, -0.15) is 11.8 Å². The third-order valence-corrected chi connectivity index (χ3v) is 4.33. The first-order valence-electron chi connectivity index (χ1n) is 5.78. The van der Waals surface area contributed by atoms with Gasteiger partial charge in [-0.05, 0) is 32.6 Å². The zero-order chi connectivity index (χ0) is 12.8. The molecule has 0 heterocycles. The van der Waals surface area contributed by atoms with E-state index >= 15 is 0 Å². The van der Waals surface area contributed by atoms with Crippen molar-refractivity contribution in [3.8, 4) is 0 Å². The van der Waals surface area contributed by atoms with Crippen LogP contribution in [0.15, 0.2) is 24.3 Å². The summed E-state index contributed by atoms with van der Waals surface area (Å²) in [4.78, 5) is 2.18. The Balaban J connectivity index is 2.69. The summed E-state index contributed by atoms with van der Waals surface area (Å²) < 4.78 is 0. The van der Waals surface area contributed by atoms with Gasteiger partial charge in [-0.25, -0.2) is 0 Å². The molecule has 17 heavy (non-hydrogen) atoms. The number of rotatable bonds is 6. The fourth-order valence-electron chi connectivity index (χ4n) is 1.59. The second-order valence-electron chi connectivity index (χ2n) is 4.48. The Morgan fingerprint density at radius 3 is 2.53 bits per heavy atom. The van der Waals surface area contributed by atoms with E-state index < -0.39 is 0 Å². The maximum absolute atomic E-state index is 6.23. The summed E-state index contributed by atoms with van der Waals surface area (Å²) in [6.45, 7) is 3.09. The summed E-state index contributed by atoms with van der Waals surface area (Å²) >= 11 is 8.10. The highest BCUT2D eigenvalue weighted by Crippen LogP contribution is 2.35. The Bertz CT molecular complexity index is 342. The highest BCUT2D eigenvalue weighted by atomic mass is 35.5. The minimum atomic E-state index is 0.0991. The number of thioether (sulfide) groups is 1. The molecule has 0 aliphatic heterocycles. The molecule has 0 radical (unpaired) electrons. The highest BCUT2D eigenvalue weighted by molar-refractivity contribution is 7.99. The molecular weight excluding hydrogens is 252 g/mol. The van der Waals surface area contributed by atoms with E-state index in [0.29, 0.717) is 0 Å². The van der Waals surface area contributed by atoms with Gasteiger partial charge >= 0.3 is 0 Å². The zero-order valence-corrected chi connectivity index (χ0v) is 12.3. The van der Waals surface area contributed by atoms with Gasteiger partial charge in [-0.3, -0.25) is 0 Å². The van der Waals surface area contributed by atoms with E-state index in [4.69, 9.17) is 17.3 Å². The van der Waals surface area contributed by atoms with Crippen molar-refractivity contribution in [2.24, 2.45) is 5.73 Å². The van der Waals surface area contributed by atoms with Crippen LogP contribution in [0.3, 0.4) is 0 Å². The van der Waals surface area contributed by atoms with Crippen molar-refractivity contribution in [1.82, 2.24) is 4.90 Å². The van der Waals surface area contributed by atoms with Crippen molar-refractivity contribution in [2.45, 2.75) is 18.2 Å². The number of hydrogen-bond donors (Lipinski definition) is 1. The van der Waals surface area contributed by atoms with Gasteiger partial charge in [-0.1, -0.05) is 29.8 Å². The Hall–Kier alpha value is -0.220. The standard InChI is InChI=1S/C13H21ClN2S/c1-10(15)13(17-9-8-16(2)3)11-6-4-5-7-12(11)14/h4-7,10,13H,8-9,15H2,1-3H3. The average Bonchev–Trinajstić information content (AvgIpc) is 2.25. The Kier molecular flexibility index (Phi) is 6.34. The van der Waals surface area contributed by atoms with Gasteiger partial charge in [0.05, 0.1) is 0 Å². The molecule has 0 bridgehead atoms. The molecule has 0 aromatic heterocycles. The van der Waals surface area contributed by atoms with Crippen molar-refractivity contribution >= 4 is 23.4 Å². The van der Waals surface area contributed by atoms with Crippen molar-refractivity contribution < 1.29 is 0 Å². The summed E-state index contributed by atoms with van der Waals surface area (Å²) in [6, 6.07) is 8.07. The van der Waals surface area contributed by atoms with E-state index in [0.717, 1.165) is 22.9 Å². The van der Waals surface area contributed by atoms with E-state index in [1.54, 1.807) is 0 Å². The Morgan fingerprint density at radius 2 is 2.00 bits per heavy atom. The number of benzene rings is 1. The lowest BCUT2D eigenvalue weighted by Crippen LogP contribution is -2.24. The van der Waals surface area contributed by atoms with Crippen LogP contribution in [0.1, 0.15) is 17.7 Å². The van der Waals surface area contributed by atoms with Crippen LogP contribution in [0.5, 0.6) is 0 Å². The van der Waals surface area contributed by atoms with Crippen LogP contribution in [-0.4, -0.2) is 37.3 Å². The van der Waals surface area contributed by atoms with Gasteiger partial charge in [0.1, 0.15) is 0 Å². The molecule has 1 rings (SSSR count). The molecule has 0 fully saturated rings. The van der Waals surface area contributed by atoms with Gasteiger partial charge in [0.25, 0.3) is 0 Å². The molecule has 2 nitrogen and oxygen atoms in total. The number of halogens is 1. The molecule has 0 aliphatic rings. The first-order valence-corrected chi connectivity index (χ1v) is 7.21. The fourth-order valence-corrected chi connectivity index (χ4v) is 3.32. The molecule has 0 saturated carbocycles. The molecule has 0 spiro atoms. The molecule has 2 atom stereocenters. The summed E-state index contributed by atoms with van der Waals surface area (Å²) in [7, 11) is 4.16. The van der Waals surface area contributed by atoms with Crippen molar-refractivity contribution in [1.29, 1.82) is 0 Å². The third kappa shape index (κ3) is 4.88. The summed E-state index contributed by atoms with van der Waals surface area (Å²) in [5.41, 5.74) is 7.21. The second kappa shape index (κ2) is 7.27. The fraction of sp³-hybridized carbons (Fsp3) is 0.538. The van der Waals surface area contributed by atoms with E-state index in [1.807, 2.05) is 36.9 Å². The van der Waals surface area contributed by atoms with Crippen LogP contribution >= 0.6 is 23.4 Å². The molecule has 96 valence electrons. The van der Waals surface area contributed by atoms with Crippen molar-refractivity contribution in [2.75, 3.05) is 26.4 Å². The summed E-state index contributed by atoms with van der Waals surface area (Å²) in [6.07, 6.45) is 0. The Labute approximate surface area is 114 Å². The van der Waals surface area contributed by atoms with Crippen molar-refractivity contribution in [3.63, 3.8) is 0 Å². The zero-order valence-electron chi connectivity index (χ0n) is 10.7. The van der Waals surface area contributed by atoms with Gasteiger partial charge in [-0.15, -0.1) is 0 Å². The molecule has 1 aromatic rings. The van der Waals surface area contributed by atoms with Gasteiger partial charge in [0.2, 0.25) is 0 Å². The smallest absolute Gasteiger partial charge is 0.0460 e. The average molecular weight is 273 g/mol. The molecule has 0 aliphatic carbocycles. The van der Waals surface area contributed by atoms with Crippen LogP contribution in [0.2, 0.25) is 5.02 Å². The largest absolute Gasteiger partial charge is 0.327 e. The van der Waals surface area contributed by atoms with Gasteiger partial charge in [0.15, 0.2) is 0 Å². The lowest BCUT2D eigenvalue weighted by atomic mass is 10.1. The van der Waals surface area contributed by atoms with E-state index in [2.05, 4.69) is 25.1 Å². The van der Waals surface area contributed by atoms with Crippen LogP contribution in [0, 0.1) is 0 Å². The van der Waals surface area contributed by atoms with Crippen molar-refractivity contribution in [3.05, 3.63) is 34.9 Å². The predicted octanol–water partition coefficient (Wildman–Crippen LogP) is 3.02. The molecule has 2 unspecified atom stereocenters. The second-order valence-corrected chi connectivity index (χ2v) is 6.13. The van der Waals surface area contributed by atoms with Crippen LogP contribution in [0.4, 0.5) is 0 Å². The topological polar surface area (TPSA) is 29.3 Å². The first kappa shape index (κ1) is 14.8. The van der Waals surface area contributed by atoms with Gasteiger partial charge in [0, 0.05) is 28.6 Å². The minimum absolute atomic E-state index is 0.0991. The Morgan fingerprint density at radius 1 is 1.35 bits per heavy atom. The molecule has 2 N–H and O–H groups in total. The molecule has 1 aromatic carbocycles. The van der Waals surface area contributed by atoms with E-state index in [-0.39, 0.29) is 11.3 Å². The van der Waals surface area contributed by atoms with Crippen LogP contribution < -0.4 is 5.73 Å². The summed E-state index contributed by atoms with van der Waals surface area (Å²) in [5, 5.41) is 1.08. The lowest BCUT2D eigenvalue weighted by Gasteiger charge is -2.22. The molecule has 0 amide bonds. The van der Waals surface area contributed by atoms with Crippen LogP contribution in [0.25, 0.3) is 0 Å².